The Morgan fingerprint density at radius 1 is 1.03 bits per heavy atom. The highest BCUT2D eigenvalue weighted by Crippen LogP contribution is 2.18. The van der Waals surface area contributed by atoms with E-state index in [1.807, 2.05) is 49.5 Å². The highest BCUT2D eigenvalue weighted by molar-refractivity contribution is 7.98. The summed E-state index contributed by atoms with van der Waals surface area (Å²) in [5.41, 5.74) is 1.30. The standard InChI is InChI=1S/C24H28N2O2S2/c1-26(16-14-24(27)25-30-22-7-3-2-4-8-22)15-6-17-28-21-12-10-20(11-13-21)19-23-9-5-18-29-23/h2-5,7-13,18H,6,14-17,19H2,1H3,(H,25,27). The van der Waals surface area contributed by atoms with Gasteiger partial charge in [0.15, 0.2) is 0 Å². The lowest BCUT2D eigenvalue weighted by Gasteiger charge is -2.16. The molecule has 3 aromatic rings. The number of carbonyl (C=O) groups is 1. The third kappa shape index (κ3) is 8.22. The van der Waals surface area contributed by atoms with Gasteiger partial charge >= 0.3 is 0 Å². The third-order valence-corrected chi connectivity index (χ3v) is 6.30. The molecule has 30 heavy (non-hydrogen) atoms. The van der Waals surface area contributed by atoms with Crippen LogP contribution in [-0.2, 0) is 11.2 Å². The minimum Gasteiger partial charge on any atom is -0.494 e. The third-order valence-electron chi connectivity index (χ3n) is 4.58. The molecule has 0 saturated heterocycles. The molecular formula is C24H28N2O2S2. The summed E-state index contributed by atoms with van der Waals surface area (Å²) in [5, 5.41) is 2.11. The van der Waals surface area contributed by atoms with Gasteiger partial charge in [0.05, 0.1) is 6.61 Å². The first-order chi connectivity index (χ1) is 14.7. The van der Waals surface area contributed by atoms with Crippen molar-refractivity contribution in [2.75, 3.05) is 26.7 Å². The number of rotatable bonds is 12. The molecule has 0 unspecified atom stereocenters. The Labute approximate surface area is 187 Å². The van der Waals surface area contributed by atoms with Gasteiger partial charge in [0, 0.05) is 35.7 Å². The van der Waals surface area contributed by atoms with Gasteiger partial charge in [0.25, 0.3) is 0 Å². The fourth-order valence-electron chi connectivity index (χ4n) is 2.90. The van der Waals surface area contributed by atoms with Gasteiger partial charge < -0.3 is 9.64 Å². The second-order valence-corrected chi connectivity index (χ2v) is 9.01. The van der Waals surface area contributed by atoms with Gasteiger partial charge in [-0.25, -0.2) is 0 Å². The van der Waals surface area contributed by atoms with Gasteiger partial charge in [-0.3, -0.25) is 9.52 Å². The minimum absolute atomic E-state index is 0.0505. The number of ether oxygens (including phenoxy) is 1. The average molecular weight is 441 g/mol. The van der Waals surface area contributed by atoms with Crippen LogP contribution < -0.4 is 9.46 Å². The highest BCUT2D eigenvalue weighted by Gasteiger charge is 2.05. The first-order valence-electron chi connectivity index (χ1n) is 10.1. The van der Waals surface area contributed by atoms with E-state index in [0.29, 0.717) is 13.0 Å². The molecule has 0 spiro atoms. The van der Waals surface area contributed by atoms with Crippen molar-refractivity contribution in [1.29, 1.82) is 0 Å². The van der Waals surface area contributed by atoms with E-state index >= 15 is 0 Å². The number of carbonyl (C=O) groups excluding carboxylic acids is 1. The lowest BCUT2D eigenvalue weighted by atomic mass is 10.1. The van der Waals surface area contributed by atoms with E-state index < -0.39 is 0 Å². The number of thiophene rings is 1. The van der Waals surface area contributed by atoms with Gasteiger partial charge in [0.1, 0.15) is 5.75 Å². The Morgan fingerprint density at radius 3 is 2.57 bits per heavy atom. The quantitative estimate of drug-likeness (QED) is 0.308. The average Bonchev–Trinajstić information content (AvgIpc) is 3.29. The van der Waals surface area contributed by atoms with Gasteiger partial charge in [0.2, 0.25) is 5.91 Å². The van der Waals surface area contributed by atoms with Crippen molar-refractivity contribution in [3.8, 4) is 5.75 Å². The summed E-state index contributed by atoms with van der Waals surface area (Å²) in [5.74, 6) is 0.958. The summed E-state index contributed by atoms with van der Waals surface area (Å²) >= 11 is 3.15. The predicted octanol–water partition coefficient (Wildman–Crippen LogP) is 5.25. The fourth-order valence-corrected chi connectivity index (χ4v) is 4.27. The molecule has 2 aromatic carbocycles. The molecule has 3 rings (SSSR count). The van der Waals surface area contributed by atoms with E-state index in [2.05, 4.69) is 39.3 Å². The van der Waals surface area contributed by atoms with Crippen LogP contribution in [0.3, 0.4) is 0 Å². The molecule has 0 aliphatic rings. The van der Waals surface area contributed by atoms with Crippen molar-refractivity contribution < 1.29 is 9.53 Å². The first kappa shape index (κ1) is 22.4. The number of hydrogen-bond acceptors (Lipinski definition) is 5. The van der Waals surface area contributed by atoms with Crippen LogP contribution in [0.1, 0.15) is 23.3 Å². The van der Waals surface area contributed by atoms with Gasteiger partial charge in [-0.15, -0.1) is 11.3 Å². The molecule has 0 bridgehead atoms. The molecule has 1 aromatic heterocycles. The summed E-state index contributed by atoms with van der Waals surface area (Å²) < 4.78 is 8.74. The van der Waals surface area contributed by atoms with Crippen LogP contribution in [-0.4, -0.2) is 37.6 Å². The Balaban J connectivity index is 1.25. The van der Waals surface area contributed by atoms with Crippen LogP contribution in [0.25, 0.3) is 0 Å². The maximum Gasteiger partial charge on any atom is 0.231 e. The molecule has 6 heteroatoms. The predicted molar refractivity (Wildman–Crippen MR) is 126 cm³/mol. The van der Waals surface area contributed by atoms with Crippen molar-refractivity contribution in [1.82, 2.24) is 9.62 Å². The molecule has 0 fully saturated rings. The molecule has 1 heterocycles. The van der Waals surface area contributed by atoms with Crippen LogP contribution in [0.2, 0.25) is 0 Å². The zero-order valence-electron chi connectivity index (χ0n) is 17.3. The van der Waals surface area contributed by atoms with Crippen LogP contribution in [0.5, 0.6) is 5.75 Å². The van der Waals surface area contributed by atoms with Gasteiger partial charge in [-0.05, 0) is 66.7 Å². The number of hydrogen-bond donors (Lipinski definition) is 1. The topological polar surface area (TPSA) is 41.6 Å². The van der Waals surface area contributed by atoms with Crippen molar-refractivity contribution in [2.24, 2.45) is 0 Å². The van der Waals surface area contributed by atoms with Crippen LogP contribution in [0.4, 0.5) is 0 Å². The molecule has 4 nitrogen and oxygen atoms in total. The Morgan fingerprint density at radius 2 is 1.83 bits per heavy atom. The van der Waals surface area contributed by atoms with E-state index in [4.69, 9.17) is 4.74 Å². The molecule has 0 saturated carbocycles. The van der Waals surface area contributed by atoms with Crippen LogP contribution >= 0.6 is 23.3 Å². The highest BCUT2D eigenvalue weighted by atomic mass is 32.2. The van der Waals surface area contributed by atoms with E-state index in [1.54, 1.807) is 11.3 Å². The van der Waals surface area contributed by atoms with E-state index in [-0.39, 0.29) is 5.91 Å². The summed E-state index contributed by atoms with van der Waals surface area (Å²) in [4.78, 5) is 16.6. The van der Waals surface area contributed by atoms with Gasteiger partial charge in [-0.1, -0.05) is 36.4 Å². The van der Waals surface area contributed by atoms with E-state index in [1.165, 1.54) is 22.4 Å². The van der Waals surface area contributed by atoms with Crippen molar-refractivity contribution in [2.45, 2.75) is 24.2 Å². The van der Waals surface area contributed by atoms with Crippen molar-refractivity contribution >= 4 is 29.2 Å². The molecular weight excluding hydrogens is 412 g/mol. The molecule has 1 N–H and O–H groups in total. The minimum atomic E-state index is 0.0505. The molecule has 0 aliphatic heterocycles. The Hall–Kier alpha value is -2.28. The maximum atomic E-state index is 12.0. The van der Waals surface area contributed by atoms with Crippen molar-refractivity contribution in [3.05, 3.63) is 82.6 Å². The zero-order valence-corrected chi connectivity index (χ0v) is 18.9. The number of amides is 1. The molecule has 0 aliphatic carbocycles. The first-order valence-corrected chi connectivity index (χ1v) is 11.8. The summed E-state index contributed by atoms with van der Waals surface area (Å²) in [7, 11) is 2.04. The summed E-state index contributed by atoms with van der Waals surface area (Å²) in [6.07, 6.45) is 2.39. The zero-order chi connectivity index (χ0) is 21.0. The van der Waals surface area contributed by atoms with E-state index in [9.17, 15) is 4.79 Å². The largest absolute Gasteiger partial charge is 0.494 e. The van der Waals surface area contributed by atoms with Crippen molar-refractivity contribution in [3.63, 3.8) is 0 Å². The number of nitrogens with zero attached hydrogens (tertiary/aromatic N) is 1. The Kier molecular flexibility index (Phi) is 9.28. The molecule has 158 valence electrons. The monoisotopic (exact) mass is 440 g/mol. The second kappa shape index (κ2) is 12.4. The van der Waals surface area contributed by atoms with Crippen LogP contribution in [0.15, 0.2) is 77.0 Å². The molecule has 1 amide bonds. The number of nitrogens with one attached hydrogen (secondary N) is 1. The van der Waals surface area contributed by atoms with Crippen LogP contribution in [0, 0.1) is 0 Å². The Bertz CT molecular complexity index is 868. The van der Waals surface area contributed by atoms with Gasteiger partial charge in [-0.2, -0.15) is 0 Å². The molecule has 0 atom stereocenters. The normalized spacial score (nSPS) is 10.9. The lowest BCUT2D eigenvalue weighted by Crippen LogP contribution is -2.27. The summed E-state index contributed by atoms with van der Waals surface area (Å²) in [6.45, 7) is 2.30. The SMILES string of the molecule is CN(CCCOc1ccc(Cc2cccs2)cc1)CCC(=O)NSc1ccccc1. The second-order valence-electron chi connectivity index (χ2n) is 7.10. The fraction of sp³-hybridized carbons (Fsp3) is 0.292. The maximum absolute atomic E-state index is 12.0. The number of benzene rings is 2. The lowest BCUT2D eigenvalue weighted by molar-refractivity contribution is -0.119. The summed E-state index contributed by atoms with van der Waals surface area (Å²) in [6, 6.07) is 22.5. The molecule has 0 radical (unpaired) electrons. The smallest absolute Gasteiger partial charge is 0.231 e. The van der Waals surface area contributed by atoms with E-state index in [0.717, 1.165) is 36.6 Å².